The van der Waals surface area contributed by atoms with Crippen LogP contribution >= 0.6 is 0 Å². The number of aliphatic hydroxyl groups excluding tert-OH is 1. The minimum absolute atomic E-state index is 0.0921. The fourth-order valence-corrected chi connectivity index (χ4v) is 4.20. The minimum atomic E-state index is -1.34. The van der Waals surface area contributed by atoms with Gasteiger partial charge in [-0.1, -0.05) is 33.1 Å². The van der Waals surface area contributed by atoms with Gasteiger partial charge in [0.05, 0.1) is 12.1 Å². The molecule has 1 saturated carbocycles. The summed E-state index contributed by atoms with van der Waals surface area (Å²) in [4.78, 5) is 50.4. The number of hydrogen-bond donors (Lipinski definition) is 7. The molecule has 0 aromatic rings. The lowest BCUT2D eigenvalue weighted by atomic mass is 9.83. The number of aliphatic hydroxyl groups is 1. The Kier molecular flexibility index (Phi) is 13.2. The molecular formula is C23H44N6O5. The van der Waals surface area contributed by atoms with Crippen LogP contribution in [0.1, 0.15) is 65.7 Å². The zero-order valence-corrected chi connectivity index (χ0v) is 20.7. The predicted molar refractivity (Wildman–Crippen MR) is 129 cm³/mol. The first-order valence-corrected chi connectivity index (χ1v) is 12.3. The van der Waals surface area contributed by atoms with Gasteiger partial charge in [-0.25, -0.2) is 0 Å². The molecule has 0 aliphatic heterocycles. The maximum atomic E-state index is 12.9. The van der Waals surface area contributed by atoms with Crippen LogP contribution < -0.4 is 33.2 Å². The Bertz CT molecular complexity index is 681. The molecule has 5 atom stereocenters. The molecule has 3 amide bonds. The van der Waals surface area contributed by atoms with Gasteiger partial charge < -0.3 is 38.3 Å². The summed E-state index contributed by atoms with van der Waals surface area (Å²) < 4.78 is 0. The molecule has 10 N–H and O–H groups in total. The van der Waals surface area contributed by atoms with E-state index in [0.717, 1.165) is 25.7 Å². The van der Waals surface area contributed by atoms with Crippen LogP contribution in [0.5, 0.6) is 0 Å². The molecule has 3 unspecified atom stereocenters. The van der Waals surface area contributed by atoms with Crippen molar-refractivity contribution in [3.63, 3.8) is 0 Å². The highest BCUT2D eigenvalue weighted by Gasteiger charge is 2.32. The normalized spacial score (nSPS) is 18.9. The van der Waals surface area contributed by atoms with Crippen LogP contribution in [0, 0.1) is 11.8 Å². The molecule has 1 aliphatic carbocycles. The summed E-state index contributed by atoms with van der Waals surface area (Å²) in [6.45, 7) is 4.72. The Morgan fingerprint density at radius 2 is 1.53 bits per heavy atom. The molecule has 0 heterocycles. The number of Topliss-reactive ketones (excluding diaryl/α,β-unsaturated/α-hetero) is 1. The Morgan fingerprint density at radius 3 is 2.03 bits per heavy atom. The number of carbonyl (C=O) groups is 4. The molecule has 0 bridgehead atoms. The average molecular weight is 485 g/mol. The molecule has 196 valence electrons. The molecular weight excluding hydrogens is 440 g/mol. The fraction of sp³-hybridized carbons (Fsp3) is 0.826. The van der Waals surface area contributed by atoms with Gasteiger partial charge in [0, 0.05) is 24.9 Å². The number of rotatable bonds is 14. The Morgan fingerprint density at radius 1 is 0.912 bits per heavy atom. The lowest BCUT2D eigenvalue weighted by molar-refractivity contribution is -0.135. The van der Waals surface area contributed by atoms with E-state index in [1.54, 1.807) is 13.8 Å². The molecule has 11 heteroatoms. The summed E-state index contributed by atoms with van der Waals surface area (Å²) in [7, 11) is 0. The predicted octanol–water partition coefficient (Wildman–Crippen LogP) is -1.35. The highest BCUT2D eigenvalue weighted by atomic mass is 16.3. The van der Waals surface area contributed by atoms with E-state index in [1.807, 2.05) is 0 Å². The van der Waals surface area contributed by atoms with E-state index in [0.29, 0.717) is 0 Å². The van der Waals surface area contributed by atoms with E-state index >= 15 is 0 Å². The first-order valence-electron chi connectivity index (χ1n) is 12.3. The molecule has 0 aromatic heterocycles. The van der Waals surface area contributed by atoms with Crippen LogP contribution in [0.2, 0.25) is 0 Å². The van der Waals surface area contributed by atoms with Crippen molar-refractivity contribution < 1.29 is 24.3 Å². The fourth-order valence-electron chi connectivity index (χ4n) is 4.20. The Labute approximate surface area is 202 Å². The number of amides is 3. The SMILES string of the molecule is CC(C)C(=O)[C@H](CN)NC(=O)C(NC(=O)[C@H](CCN)NC(=O)CC(N)C1CCCCC1)C(C)O. The van der Waals surface area contributed by atoms with Crippen LogP contribution in [-0.4, -0.2) is 72.0 Å². The third-order valence-corrected chi connectivity index (χ3v) is 6.31. The number of nitrogens with two attached hydrogens (primary N) is 3. The zero-order chi connectivity index (χ0) is 25.8. The number of ketones is 1. The van der Waals surface area contributed by atoms with Crippen molar-refractivity contribution in [1.82, 2.24) is 16.0 Å². The number of carbonyl (C=O) groups excluding carboxylic acids is 4. The maximum Gasteiger partial charge on any atom is 0.245 e. The van der Waals surface area contributed by atoms with Gasteiger partial charge in [-0.3, -0.25) is 19.2 Å². The molecule has 11 nitrogen and oxygen atoms in total. The van der Waals surface area contributed by atoms with Crippen molar-refractivity contribution >= 4 is 23.5 Å². The minimum Gasteiger partial charge on any atom is -0.391 e. The molecule has 1 fully saturated rings. The molecule has 0 radical (unpaired) electrons. The van der Waals surface area contributed by atoms with E-state index in [2.05, 4.69) is 16.0 Å². The van der Waals surface area contributed by atoms with Crippen LogP contribution in [0.25, 0.3) is 0 Å². The maximum absolute atomic E-state index is 12.9. The second-order valence-electron chi connectivity index (χ2n) is 9.54. The van der Waals surface area contributed by atoms with E-state index < -0.39 is 36.0 Å². The van der Waals surface area contributed by atoms with E-state index in [4.69, 9.17) is 17.2 Å². The van der Waals surface area contributed by atoms with Gasteiger partial charge in [-0.05, 0) is 38.6 Å². The molecule has 34 heavy (non-hydrogen) atoms. The van der Waals surface area contributed by atoms with Gasteiger partial charge in [0.1, 0.15) is 12.1 Å². The molecule has 0 spiro atoms. The average Bonchev–Trinajstić information content (AvgIpc) is 2.80. The van der Waals surface area contributed by atoms with Crippen molar-refractivity contribution in [3.8, 4) is 0 Å². The summed E-state index contributed by atoms with van der Waals surface area (Å²) >= 11 is 0. The highest BCUT2D eigenvalue weighted by molar-refractivity contribution is 5.95. The summed E-state index contributed by atoms with van der Waals surface area (Å²) in [5, 5.41) is 17.7. The summed E-state index contributed by atoms with van der Waals surface area (Å²) in [5.74, 6) is -2.09. The highest BCUT2D eigenvalue weighted by Crippen LogP contribution is 2.26. The van der Waals surface area contributed by atoms with Gasteiger partial charge in [0.25, 0.3) is 0 Å². The number of hydrogen-bond acceptors (Lipinski definition) is 8. The first kappa shape index (κ1) is 30.0. The second kappa shape index (κ2) is 15.0. The molecule has 0 aromatic carbocycles. The quantitative estimate of drug-likeness (QED) is 0.157. The number of nitrogens with one attached hydrogen (secondary N) is 3. The van der Waals surface area contributed by atoms with Crippen molar-refractivity contribution in [2.45, 2.75) is 96.0 Å². The smallest absolute Gasteiger partial charge is 0.245 e. The third-order valence-electron chi connectivity index (χ3n) is 6.31. The summed E-state index contributed by atoms with van der Waals surface area (Å²) in [6, 6.07) is -3.56. The van der Waals surface area contributed by atoms with Crippen LogP contribution in [0.3, 0.4) is 0 Å². The first-order chi connectivity index (χ1) is 16.0. The van der Waals surface area contributed by atoms with Gasteiger partial charge in [-0.15, -0.1) is 0 Å². The standard InChI is InChI=1S/C23H44N6O5/c1-13(2)21(32)18(12-25)28-23(34)20(14(3)30)29-22(33)17(9-10-24)27-19(31)11-16(26)15-7-5-4-6-8-15/h13-18,20,30H,4-12,24-26H2,1-3H3,(H,27,31)(H,28,34)(H,29,33)/t14?,16?,17-,18-,20?/m0/s1. The lowest BCUT2D eigenvalue weighted by Gasteiger charge is -2.28. The zero-order valence-electron chi connectivity index (χ0n) is 20.7. The second-order valence-corrected chi connectivity index (χ2v) is 9.54. The van der Waals surface area contributed by atoms with Gasteiger partial charge in [0.15, 0.2) is 5.78 Å². The van der Waals surface area contributed by atoms with E-state index in [9.17, 15) is 24.3 Å². The molecule has 1 aliphatic rings. The van der Waals surface area contributed by atoms with Crippen molar-refractivity contribution in [1.29, 1.82) is 0 Å². The third kappa shape index (κ3) is 9.65. The van der Waals surface area contributed by atoms with Gasteiger partial charge in [-0.2, -0.15) is 0 Å². The van der Waals surface area contributed by atoms with E-state index in [1.165, 1.54) is 13.3 Å². The lowest BCUT2D eigenvalue weighted by Crippen LogP contribution is -2.60. The van der Waals surface area contributed by atoms with Crippen molar-refractivity contribution in [2.24, 2.45) is 29.0 Å². The largest absolute Gasteiger partial charge is 0.391 e. The van der Waals surface area contributed by atoms with Crippen molar-refractivity contribution in [3.05, 3.63) is 0 Å². The van der Waals surface area contributed by atoms with Crippen molar-refractivity contribution in [2.75, 3.05) is 13.1 Å². The topological polar surface area (TPSA) is 203 Å². The molecule has 1 rings (SSSR count). The van der Waals surface area contributed by atoms with Crippen LogP contribution in [0.15, 0.2) is 0 Å². The van der Waals surface area contributed by atoms with Gasteiger partial charge >= 0.3 is 0 Å². The summed E-state index contributed by atoms with van der Waals surface area (Å²) in [6.07, 6.45) is 4.36. The Hall–Kier alpha value is -2.08. The van der Waals surface area contributed by atoms with Crippen LogP contribution in [-0.2, 0) is 19.2 Å². The molecule has 0 saturated heterocycles. The van der Waals surface area contributed by atoms with E-state index in [-0.39, 0.29) is 55.5 Å². The van der Waals surface area contributed by atoms with Crippen LogP contribution in [0.4, 0.5) is 0 Å². The monoisotopic (exact) mass is 484 g/mol. The van der Waals surface area contributed by atoms with Gasteiger partial charge in [0.2, 0.25) is 17.7 Å². The summed E-state index contributed by atoms with van der Waals surface area (Å²) in [5.41, 5.74) is 17.5. The Balaban J connectivity index is 2.78.